The quantitative estimate of drug-likeness (QED) is 0.836. The molecular weight excluding hydrogens is 323 g/mol. The van der Waals surface area contributed by atoms with Crippen molar-refractivity contribution < 1.29 is 19.1 Å². The van der Waals surface area contributed by atoms with Crippen LogP contribution in [0.3, 0.4) is 0 Å². The van der Waals surface area contributed by atoms with E-state index in [4.69, 9.17) is 5.11 Å². The maximum absolute atomic E-state index is 13.1. The molecule has 1 amide bonds. The van der Waals surface area contributed by atoms with E-state index in [1.165, 1.54) is 24.3 Å². The van der Waals surface area contributed by atoms with Gasteiger partial charge in [-0.3, -0.25) is 9.59 Å². The molecule has 5 nitrogen and oxygen atoms in total. The van der Waals surface area contributed by atoms with Gasteiger partial charge in [0.05, 0.1) is 18.0 Å². The largest absolute Gasteiger partial charge is 0.481 e. The van der Waals surface area contributed by atoms with Crippen LogP contribution >= 0.6 is 0 Å². The van der Waals surface area contributed by atoms with Gasteiger partial charge in [0.15, 0.2) is 0 Å². The third-order valence-electron chi connectivity index (χ3n) is 4.20. The Morgan fingerprint density at radius 2 is 1.80 bits per heavy atom. The molecule has 0 bridgehead atoms. The summed E-state index contributed by atoms with van der Waals surface area (Å²) in [5, 5.41) is 11.9. The third kappa shape index (κ3) is 4.26. The maximum atomic E-state index is 13.1. The Kier molecular flexibility index (Phi) is 5.62. The topological polar surface area (TPSA) is 71.3 Å². The summed E-state index contributed by atoms with van der Waals surface area (Å²) < 4.78 is 15.2. The molecule has 0 aliphatic rings. The van der Waals surface area contributed by atoms with Crippen LogP contribution in [0, 0.1) is 19.7 Å². The van der Waals surface area contributed by atoms with Crippen LogP contribution in [0.5, 0.6) is 0 Å². The van der Waals surface area contributed by atoms with Crippen molar-refractivity contribution in [2.75, 3.05) is 0 Å². The molecule has 134 valence electrons. The van der Waals surface area contributed by atoms with Gasteiger partial charge in [0, 0.05) is 17.4 Å². The molecule has 2 aromatic rings. The first-order valence-corrected chi connectivity index (χ1v) is 8.17. The Hall–Kier alpha value is -2.63. The highest BCUT2D eigenvalue weighted by atomic mass is 19.1. The Labute approximate surface area is 146 Å². The van der Waals surface area contributed by atoms with Crippen molar-refractivity contribution in [1.29, 1.82) is 0 Å². The summed E-state index contributed by atoms with van der Waals surface area (Å²) >= 11 is 0. The van der Waals surface area contributed by atoms with E-state index in [1.807, 2.05) is 27.7 Å². The fraction of sp³-hybridized carbons (Fsp3) is 0.368. The average molecular weight is 346 g/mol. The number of halogens is 1. The summed E-state index contributed by atoms with van der Waals surface area (Å²) in [6.45, 7) is 7.87. The molecular formula is C19H23FN2O3. The van der Waals surface area contributed by atoms with Crippen LogP contribution in [0.25, 0.3) is 0 Å². The lowest BCUT2D eigenvalue weighted by Crippen LogP contribution is -2.30. The fourth-order valence-corrected chi connectivity index (χ4v) is 3.16. The smallest absolute Gasteiger partial charge is 0.305 e. The van der Waals surface area contributed by atoms with Gasteiger partial charge in [-0.1, -0.05) is 12.1 Å². The van der Waals surface area contributed by atoms with E-state index in [-0.39, 0.29) is 18.4 Å². The van der Waals surface area contributed by atoms with E-state index in [1.54, 1.807) is 6.07 Å². The number of carbonyl (C=O) groups is 2. The van der Waals surface area contributed by atoms with E-state index >= 15 is 0 Å². The second kappa shape index (κ2) is 7.51. The maximum Gasteiger partial charge on any atom is 0.305 e. The Balaban J connectivity index is 2.30. The third-order valence-corrected chi connectivity index (χ3v) is 4.20. The van der Waals surface area contributed by atoms with Crippen molar-refractivity contribution in [3.63, 3.8) is 0 Å². The first-order chi connectivity index (χ1) is 11.7. The standard InChI is InChI=1S/C19H23FN2O3/c1-11(2)22-12(3)9-16(13(22)4)19(25)21-17(10-18(23)24)14-5-7-15(20)8-6-14/h5-9,11,17H,10H2,1-4H3,(H,21,25)(H,23,24). The number of amides is 1. The van der Waals surface area contributed by atoms with E-state index in [2.05, 4.69) is 9.88 Å². The molecule has 2 N–H and O–H groups in total. The minimum atomic E-state index is -1.04. The number of benzene rings is 1. The minimum Gasteiger partial charge on any atom is -0.481 e. The van der Waals surface area contributed by atoms with Crippen molar-refractivity contribution in [1.82, 2.24) is 9.88 Å². The lowest BCUT2D eigenvalue weighted by atomic mass is 10.0. The molecule has 1 aromatic carbocycles. The van der Waals surface area contributed by atoms with Crippen molar-refractivity contribution in [2.45, 2.75) is 46.2 Å². The molecule has 0 saturated heterocycles. The van der Waals surface area contributed by atoms with Gasteiger partial charge in [0.25, 0.3) is 5.91 Å². The summed E-state index contributed by atoms with van der Waals surface area (Å²) in [7, 11) is 0. The number of carboxylic acid groups (broad SMARTS) is 1. The van der Waals surface area contributed by atoms with Crippen LogP contribution in [-0.4, -0.2) is 21.6 Å². The fourth-order valence-electron chi connectivity index (χ4n) is 3.16. The highest BCUT2D eigenvalue weighted by molar-refractivity contribution is 5.96. The molecule has 0 aliphatic carbocycles. The van der Waals surface area contributed by atoms with Gasteiger partial charge in [-0.15, -0.1) is 0 Å². The zero-order valence-electron chi connectivity index (χ0n) is 14.8. The zero-order valence-corrected chi connectivity index (χ0v) is 14.8. The molecule has 0 aliphatic heterocycles. The van der Waals surface area contributed by atoms with Crippen LogP contribution in [-0.2, 0) is 4.79 Å². The molecule has 0 saturated carbocycles. The number of nitrogens with zero attached hydrogens (tertiary/aromatic N) is 1. The first-order valence-electron chi connectivity index (χ1n) is 8.17. The van der Waals surface area contributed by atoms with Crippen molar-refractivity contribution in [2.24, 2.45) is 0 Å². The van der Waals surface area contributed by atoms with Gasteiger partial charge < -0.3 is 15.0 Å². The number of carbonyl (C=O) groups excluding carboxylic acids is 1. The normalized spacial score (nSPS) is 12.2. The number of rotatable bonds is 6. The van der Waals surface area contributed by atoms with Crippen molar-refractivity contribution in [3.8, 4) is 0 Å². The van der Waals surface area contributed by atoms with Gasteiger partial charge >= 0.3 is 5.97 Å². The van der Waals surface area contributed by atoms with Crippen LogP contribution in [0.2, 0.25) is 0 Å². The summed E-state index contributed by atoms with van der Waals surface area (Å²) in [5.41, 5.74) is 2.87. The van der Waals surface area contributed by atoms with E-state index in [0.29, 0.717) is 11.1 Å². The van der Waals surface area contributed by atoms with Crippen LogP contribution in [0.15, 0.2) is 30.3 Å². The number of aromatic nitrogens is 1. The number of hydrogen-bond acceptors (Lipinski definition) is 2. The van der Waals surface area contributed by atoms with Crippen LogP contribution < -0.4 is 5.32 Å². The summed E-state index contributed by atoms with van der Waals surface area (Å²) in [4.78, 5) is 23.8. The minimum absolute atomic E-state index is 0.216. The van der Waals surface area contributed by atoms with Crippen LogP contribution in [0.4, 0.5) is 4.39 Å². The molecule has 0 radical (unpaired) electrons. The lowest BCUT2D eigenvalue weighted by molar-refractivity contribution is -0.137. The number of aryl methyl sites for hydroxylation is 1. The monoisotopic (exact) mass is 346 g/mol. The lowest BCUT2D eigenvalue weighted by Gasteiger charge is -2.18. The first kappa shape index (κ1) is 18.7. The van der Waals surface area contributed by atoms with Gasteiger partial charge in [-0.2, -0.15) is 0 Å². The van der Waals surface area contributed by atoms with E-state index in [0.717, 1.165) is 11.4 Å². The molecule has 1 unspecified atom stereocenters. The number of nitrogens with one attached hydrogen (secondary N) is 1. The molecule has 6 heteroatoms. The Morgan fingerprint density at radius 3 is 2.28 bits per heavy atom. The molecule has 0 fully saturated rings. The molecule has 0 spiro atoms. The van der Waals surface area contributed by atoms with Gasteiger partial charge in [-0.05, 0) is 51.5 Å². The Bertz CT molecular complexity index is 779. The molecule has 1 atom stereocenters. The second-order valence-electron chi connectivity index (χ2n) is 6.42. The highest BCUT2D eigenvalue weighted by Gasteiger charge is 2.22. The predicted molar refractivity (Wildman–Crippen MR) is 93.2 cm³/mol. The van der Waals surface area contributed by atoms with Gasteiger partial charge in [0.2, 0.25) is 0 Å². The van der Waals surface area contributed by atoms with Crippen LogP contribution in [0.1, 0.15) is 59.7 Å². The van der Waals surface area contributed by atoms with E-state index in [9.17, 15) is 14.0 Å². The number of carboxylic acids is 1. The molecule has 25 heavy (non-hydrogen) atoms. The highest BCUT2D eigenvalue weighted by Crippen LogP contribution is 2.22. The molecule has 1 heterocycles. The summed E-state index contributed by atoms with van der Waals surface area (Å²) in [5.74, 6) is -1.79. The van der Waals surface area contributed by atoms with Crippen molar-refractivity contribution in [3.05, 3.63) is 58.7 Å². The zero-order chi connectivity index (χ0) is 18.7. The second-order valence-corrected chi connectivity index (χ2v) is 6.42. The molecule has 2 rings (SSSR count). The van der Waals surface area contributed by atoms with E-state index < -0.39 is 17.8 Å². The van der Waals surface area contributed by atoms with Crippen molar-refractivity contribution >= 4 is 11.9 Å². The predicted octanol–water partition coefficient (Wildman–Crippen LogP) is 3.77. The average Bonchev–Trinajstić information content (AvgIpc) is 2.81. The summed E-state index contributed by atoms with van der Waals surface area (Å²) in [6.07, 6.45) is -0.277. The summed E-state index contributed by atoms with van der Waals surface area (Å²) in [6, 6.07) is 6.76. The number of hydrogen-bond donors (Lipinski definition) is 2. The SMILES string of the molecule is Cc1cc(C(=O)NC(CC(=O)O)c2ccc(F)cc2)c(C)n1C(C)C. The molecule has 1 aromatic heterocycles. The van der Waals surface area contributed by atoms with Gasteiger partial charge in [0.1, 0.15) is 5.82 Å². The number of aliphatic carboxylic acids is 1. The Morgan fingerprint density at radius 1 is 1.20 bits per heavy atom. The van der Waals surface area contributed by atoms with Gasteiger partial charge in [-0.25, -0.2) is 4.39 Å².